The summed E-state index contributed by atoms with van der Waals surface area (Å²) in [4.78, 5) is 2.37. The van der Waals surface area contributed by atoms with Crippen molar-refractivity contribution in [1.29, 1.82) is 0 Å². The molecule has 4 nitrogen and oxygen atoms in total. The van der Waals surface area contributed by atoms with Crippen molar-refractivity contribution in [2.45, 2.75) is 19.3 Å². The zero-order chi connectivity index (χ0) is 40.4. The number of anilines is 3. The third-order valence-corrected chi connectivity index (χ3v) is 13.1. The number of benzene rings is 9. The molecule has 0 atom stereocenters. The summed E-state index contributed by atoms with van der Waals surface area (Å²) in [6.45, 7) is 4.67. The first-order chi connectivity index (χ1) is 30.0. The van der Waals surface area contributed by atoms with Crippen molar-refractivity contribution < 1.29 is 13.3 Å². The smallest absolute Gasteiger partial charge is 0.159 e. The average molecular weight is 784 g/mol. The van der Waals surface area contributed by atoms with E-state index in [1.807, 2.05) is 18.2 Å². The Morgan fingerprint density at radius 1 is 0.377 bits per heavy atom. The fourth-order valence-electron chi connectivity index (χ4n) is 10.2. The van der Waals surface area contributed by atoms with E-state index >= 15 is 0 Å². The Labute approximate surface area is 351 Å². The first kappa shape index (κ1) is 34.1. The van der Waals surface area contributed by atoms with Gasteiger partial charge in [-0.25, -0.2) is 0 Å². The van der Waals surface area contributed by atoms with E-state index in [9.17, 15) is 0 Å². The van der Waals surface area contributed by atoms with Gasteiger partial charge in [-0.05, 0) is 93.5 Å². The molecule has 3 heterocycles. The predicted octanol–water partition coefficient (Wildman–Crippen LogP) is 16.5. The Balaban J connectivity index is 1.13. The van der Waals surface area contributed by atoms with Gasteiger partial charge in [-0.15, -0.1) is 0 Å². The van der Waals surface area contributed by atoms with Crippen molar-refractivity contribution in [3.05, 3.63) is 199 Å². The summed E-state index contributed by atoms with van der Waals surface area (Å²) >= 11 is 0. The summed E-state index contributed by atoms with van der Waals surface area (Å²) in [6.07, 6.45) is 0. The molecule has 0 aliphatic heterocycles. The number of hydrogen-bond donors (Lipinski definition) is 0. The van der Waals surface area contributed by atoms with Gasteiger partial charge in [0, 0.05) is 43.6 Å². The van der Waals surface area contributed by atoms with Gasteiger partial charge in [0.1, 0.15) is 27.9 Å². The highest BCUT2D eigenvalue weighted by atomic mass is 16.3. The summed E-state index contributed by atoms with van der Waals surface area (Å²) in [5, 5.41) is 6.23. The highest BCUT2D eigenvalue weighted by Crippen LogP contribution is 2.53. The number of hydrogen-bond acceptors (Lipinski definition) is 4. The number of fused-ring (bicyclic) bond motifs is 12. The Hall–Kier alpha value is -7.82. The lowest BCUT2D eigenvalue weighted by atomic mass is 9.82. The molecular weight excluding hydrogens is 747 g/mol. The largest absolute Gasteiger partial charge is 0.456 e. The number of nitrogens with zero attached hydrogens (tertiary/aromatic N) is 1. The second-order valence-electron chi connectivity index (χ2n) is 16.8. The van der Waals surface area contributed by atoms with E-state index in [0.717, 1.165) is 105 Å². The Kier molecular flexibility index (Phi) is 7.04. The van der Waals surface area contributed by atoms with Crippen LogP contribution in [0, 0.1) is 0 Å². The zero-order valence-electron chi connectivity index (χ0n) is 33.6. The Bertz CT molecular complexity index is 3750. The normalized spacial score (nSPS) is 13.2. The standard InChI is InChI=1S/C57H37NO3/c1-57(2)44-23-9-6-19-38(44)39-30-29-37(32-45(39)57)58(47-25-13-22-41-40-20-7-10-26-48(40)60-55(41)47)46-24-14-28-50-53(46)43-33-51-54(42-21-8-11-27-49(42)59-51)52(56(43)61-50)36-18-12-17-35(31-36)34-15-4-3-5-16-34/h3-33H,1-2H3. The lowest BCUT2D eigenvalue weighted by molar-refractivity contribution is 0.660. The first-order valence-electron chi connectivity index (χ1n) is 20.9. The molecule has 0 unspecified atom stereocenters. The molecule has 0 radical (unpaired) electrons. The fraction of sp³-hybridized carbons (Fsp3) is 0.0526. The van der Waals surface area contributed by atoms with E-state index in [1.165, 1.54) is 22.3 Å². The third kappa shape index (κ3) is 4.87. The quantitative estimate of drug-likeness (QED) is 0.174. The van der Waals surface area contributed by atoms with Crippen LogP contribution in [0.3, 0.4) is 0 Å². The maximum atomic E-state index is 7.17. The van der Waals surface area contributed by atoms with E-state index in [-0.39, 0.29) is 5.41 Å². The Morgan fingerprint density at radius 2 is 1.02 bits per heavy atom. The highest BCUT2D eigenvalue weighted by molar-refractivity contribution is 6.26. The van der Waals surface area contributed by atoms with Gasteiger partial charge < -0.3 is 18.2 Å². The van der Waals surface area contributed by atoms with Gasteiger partial charge in [0.15, 0.2) is 5.58 Å². The van der Waals surface area contributed by atoms with Crippen molar-refractivity contribution >= 4 is 82.9 Å². The molecule has 0 fully saturated rings. The van der Waals surface area contributed by atoms with Crippen LogP contribution < -0.4 is 4.90 Å². The number of para-hydroxylation sites is 3. The molecule has 9 aromatic carbocycles. The first-order valence-corrected chi connectivity index (χ1v) is 20.9. The second kappa shape index (κ2) is 12.6. The molecule has 0 saturated heterocycles. The van der Waals surface area contributed by atoms with Crippen LogP contribution in [0.15, 0.2) is 201 Å². The summed E-state index contributed by atoms with van der Waals surface area (Å²) in [6, 6.07) is 66.8. The van der Waals surface area contributed by atoms with Gasteiger partial charge in [-0.3, -0.25) is 0 Å². The van der Waals surface area contributed by atoms with E-state index in [0.29, 0.717) is 0 Å². The summed E-state index contributed by atoms with van der Waals surface area (Å²) in [5.41, 5.74) is 17.3. The molecule has 1 aliphatic rings. The average Bonchev–Trinajstić information content (AvgIpc) is 4.05. The summed E-state index contributed by atoms with van der Waals surface area (Å²) in [7, 11) is 0. The summed E-state index contributed by atoms with van der Waals surface area (Å²) < 4.78 is 20.7. The fourth-order valence-corrected chi connectivity index (χ4v) is 10.2. The van der Waals surface area contributed by atoms with Crippen molar-refractivity contribution in [3.63, 3.8) is 0 Å². The van der Waals surface area contributed by atoms with Gasteiger partial charge in [0.2, 0.25) is 0 Å². The van der Waals surface area contributed by atoms with Crippen molar-refractivity contribution in [2.75, 3.05) is 4.90 Å². The minimum Gasteiger partial charge on any atom is -0.456 e. The lowest BCUT2D eigenvalue weighted by Gasteiger charge is -2.28. The van der Waals surface area contributed by atoms with E-state index in [4.69, 9.17) is 13.3 Å². The van der Waals surface area contributed by atoms with Crippen LogP contribution in [0.2, 0.25) is 0 Å². The molecule has 3 aromatic heterocycles. The molecule has 0 spiro atoms. The molecule has 288 valence electrons. The molecule has 1 aliphatic carbocycles. The van der Waals surface area contributed by atoms with Crippen LogP contribution in [-0.4, -0.2) is 0 Å². The second-order valence-corrected chi connectivity index (χ2v) is 16.8. The minimum atomic E-state index is -0.191. The van der Waals surface area contributed by atoms with Crippen LogP contribution in [0.5, 0.6) is 0 Å². The van der Waals surface area contributed by atoms with Crippen LogP contribution >= 0.6 is 0 Å². The van der Waals surface area contributed by atoms with Gasteiger partial charge in [0.05, 0.1) is 16.8 Å². The monoisotopic (exact) mass is 783 g/mol. The van der Waals surface area contributed by atoms with Crippen LogP contribution in [0.1, 0.15) is 25.0 Å². The molecular formula is C57H37NO3. The van der Waals surface area contributed by atoms with E-state index < -0.39 is 0 Å². The SMILES string of the molecule is CC1(C)c2ccccc2-c2ccc(N(c3cccc4c3oc3ccccc34)c3cccc4oc5c(-c6cccc(-c7ccccc7)c6)c6c(cc5c34)oc3ccccc36)cc21. The molecule has 12 aromatic rings. The maximum Gasteiger partial charge on any atom is 0.159 e. The molecule has 0 N–H and O–H groups in total. The zero-order valence-corrected chi connectivity index (χ0v) is 33.6. The predicted molar refractivity (Wildman–Crippen MR) is 251 cm³/mol. The van der Waals surface area contributed by atoms with Crippen molar-refractivity contribution in [1.82, 2.24) is 0 Å². The van der Waals surface area contributed by atoms with E-state index in [2.05, 4.69) is 189 Å². The van der Waals surface area contributed by atoms with Crippen LogP contribution in [-0.2, 0) is 5.41 Å². The van der Waals surface area contributed by atoms with Crippen molar-refractivity contribution in [2.24, 2.45) is 0 Å². The maximum absolute atomic E-state index is 7.17. The molecule has 0 saturated carbocycles. The molecule has 13 rings (SSSR count). The van der Waals surface area contributed by atoms with E-state index in [1.54, 1.807) is 0 Å². The molecule has 0 bridgehead atoms. The molecule has 61 heavy (non-hydrogen) atoms. The summed E-state index contributed by atoms with van der Waals surface area (Å²) in [5.74, 6) is 0. The number of furan rings is 3. The van der Waals surface area contributed by atoms with Gasteiger partial charge >= 0.3 is 0 Å². The molecule has 0 amide bonds. The van der Waals surface area contributed by atoms with Crippen LogP contribution in [0.4, 0.5) is 17.1 Å². The Morgan fingerprint density at radius 3 is 1.90 bits per heavy atom. The van der Waals surface area contributed by atoms with Crippen LogP contribution in [0.25, 0.3) is 99.2 Å². The lowest BCUT2D eigenvalue weighted by Crippen LogP contribution is -2.16. The minimum absolute atomic E-state index is 0.191. The van der Waals surface area contributed by atoms with Gasteiger partial charge in [0.25, 0.3) is 0 Å². The van der Waals surface area contributed by atoms with Gasteiger partial charge in [-0.2, -0.15) is 0 Å². The number of rotatable bonds is 5. The highest BCUT2D eigenvalue weighted by Gasteiger charge is 2.36. The van der Waals surface area contributed by atoms with Gasteiger partial charge in [-0.1, -0.05) is 147 Å². The third-order valence-electron chi connectivity index (χ3n) is 13.1. The molecule has 4 heteroatoms. The van der Waals surface area contributed by atoms with Crippen molar-refractivity contribution in [3.8, 4) is 33.4 Å². The topological polar surface area (TPSA) is 42.7 Å².